The number of methoxy groups -OCH3 is 2. The minimum Gasteiger partial charge on any atom is -0.493 e. The van der Waals surface area contributed by atoms with Crippen LogP contribution in [0.4, 0.5) is 11.4 Å². The van der Waals surface area contributed by atoms with Crippen LogP contribution in [-0.4, -0.2) is 44.0 Å². The van der Waals surface area contributed by atoms with Crippen LogP contribution in [0.15, 0.2) is 36.4 Å². The summed E-state index contributed by atoms with van der Waals surface area (Å²) in [7, 11) is 3.28. The molecule has 0 atom stereocenters. The molecular weight excluding hydrogens is 370 g/mol. The van der Waals surface area contributed by atoms with Gasteiger partial charge in [0, 0.05) is 44.4 Å². The van der Waals surface area contributed by atoms with Crippen molar-refractivity contribution in [2.45, 2.75) is 26.3 Å². The number of fused-ring (bicyclic) bond motifs is 1. The van der Waals surface area contributed by atoms with Crippen molar-refractivity contribution >= 4 is 23.2 Å². The zero-order chi connectivity index (χ0) is 20.8. The van der Waals surface area contributed by atoms with Crippen LogP contribution in [0.5, 0.6) is 11.5 Å². The fourth-order valence-electron chi connectivity index (χ4n) is 3.46. The monoisotopic (exact) mass is 397 g/mol. The van der Waals surface area contributed by atoms with Gasteiger partial charge in [0.1, 0.15) is 0 Å². The molecule has 0 bridgehead atoms. The Morgan fingerprint density at radius 2 is 1.55 bits per heavy atom. The van der Waals surface area contributed by atoms with Gasteiger partial charge in [-0.2, -0.15) is 0 Å². The Morgan fingerprint density at radius 1 is 0.966 bits per heavy atom. The highest BCUT2D eigenvalue weighted by Gasteiger charge is 2.20. The van der Waals surface area contributed by atoms with E-state index in [0.717, 1.165) is 31.0 Å². The topological polar surface area (TPSA) is 79.9 Å². The average Bonchev–Trinajstić information content (AvgIpc) is 2.72. The molecule has 0 radical (unpaired) electrons. The van der Waals surface area contributed by atoms with Crippen LogP contribution in [0.1, 0.15) is 24.5 Å². The average molecular weight is 397 g/mol. The molecule has 1 heterocycles. The first-order chi connectivity index (χ1) is 14.0. The summed E-state index contributed by atoms with van der Waals surface area (Å²) in [6.07, 6.45) is 1.33. The van der Waals surface area contributed by atoms with Gasteiger partial charge in [-0.05, 0) is 53.9 Å². The van der Waals surface area contributed by atoms with E-state index in [0.29, 0.717) is 24.3 Å². The van der Waals surface area contributed by atoms with Gasteiger partial charge in [0.2, 0.25) is 11.8 Å². The number of carbonyl (C=O) groups is 2. The van der Waals surface area contributed by atoms with Crippen LogP contribution in [0, 0.1) is 0 Å². The molecule has 29 heavy (non-hydrogen) atoms. The van der Waals surface area contributed by atoms with Crippen molar-refractivity contribution in [2.75, 3.05) is 37.9 Å². The Balaban J connectivity index is 1.51. The van der Waals surface area contributed by atoms with Gasteiger partial charge in [0.05, 0.1) is 14.2 Å². The van der Waals surface area contributed by atoms with E-state index in [9.17, 15) is 9.59 Å². The second-order valence-corrected chi connectivity index (χ2v) is 7.06. The lowest BCUT2D eigenvalue weighted by molar-refractivity contribution is -0.116. The number of amides is 2. The van der Waals surface area contributed by atoms with E-state index in [4.69, 9.17) is 9.47 Å². The van der Waals surface area contributed by atoms with Crippen molar-refractivity contribution in [2.24, 2.45) is 0 Å². The summed E-state index contributed by atoms with van der Waals surface area (Å²) in [4.78, 5) is 25.6. The molecule has 0 spiro atoms. The molecule has 2 aromatic carbocycles. The third-order valence-corrected chi connectivity index (χ3v) is 4.94. The van der Waals surface area contributed by atoms with Crippen molar-refractivity contribution in [3.63, 3.8) is 0 Å². The summed E-state index contributed by atoms with van der Waals surface area (Å²) in [6.45, 7) is 3.83. The minimum atomic E-state index is -0.124. The van der Waals surface area contributed by atoms with E-state index in [2.05, 4.69) is 15.5 Å². The molecule has 1 aliphatic rings. The quantitative estimate of drug-likeness (QED) is 0.751. The predicted octanol–water partition coefficient (Wildman–Crippen LogP) is 3.05. The molecule has 2 amide bonds. The highest BCUT2D eigenvalue weighted by molar-refractivity contribution is 5.92. The summed E-state index contributed by atoms with van der Waals surface area (Å²) in [5.74, 6) is 1.33. The molecule has 0 saturated carbocycles. The number of hydrogen-bond acceptors (Lipinski definition) is 5. The lowest BCUT2D eigenvalue weighted by atomic mass is 9.98. The number of anilines is 2. The molecule has 0 unspecified atom stereocenters. The molecule has 0 fully saturated rings. The van der Waals surface area contributed by atoms with E-state index in [-0.39, 0.29) is 11.8 Å². The fourth-order valence-corrected chi connectivity index (χ4v) is 3.46. The van der Waals surface area contributed by atoms with Gasteiger partial charge in [0.25, 0.3) is 0 Å². The van der Waals surface area contributed by atoms with Gasteiger partial charge in [-0.15, -0.1) is 0 Å². The second kappa shape index (κ2) is 9.43. The van der Waals surface area contributed by atoms with E-state index in [1.54, 1.807) is 38.5 Å². The molecule has 1 aliphatic heterocycles. The van der Waals surface area contributed by atoms with E-state index < -0.39 is 0 Å². The molecule has 0 saturated heterocycles. The van der Waals surface area contributed by atoms with Crippen molar-refractivity contribution < 1.29 is 19.1 Å². The van der Waals surface area contributed by atoms with Crippen LogP contribution in [0.25, 0.3) is 0 Å². The lowest BCUT2D eigenvalue weighted by Crippen LogP contribution is -2.33. The number of hydrogen-bond donors (Lipinski definition) is 2. The lowest BCUT2D eigenvalue weighted by Gasteiger charge is -2.29. The van der Waals surface area contributed by atoms with Crippen LogP contribution in [-0.2, 0) is 22.6 Å². The van der Waals surface area contributed by atoms with Gasteiger partial charge in [-0.1, -0.05) is 0 Å². The Hall–Kier alpha value is -3.06. The Bertz CT molecular complexity index is 880. The van der Waals surface area contributed by atoms with Crippen molar-refractivity contribution in [3.8, 4) is 11.5 Å². The summed E-state index contributed by atoms with van der Waals surface area (Å²) in [6, 6.07) is 11.2. The highest BCUT2D eigenvalue weighted by Crippen LogP contribution is 2.33. The van der Waals surface area contributed by atoms with Crippen LogP contribution in [0.3, 0.4) is 0 Å². The standard InChI is InChI=1S/C22H27N3O4/c1-15(26)23-18-4-6-19(7-5-18)24-22(27)9-11-25-10-8-16-12-20(28-2)21(29-3)13-17(16)14-25/h4-7,12-13H,8-11,14H2,1-3H3,(H,23,26)(H,24,27). The fraction of sp³-hybridized carbons (Fsp3) is 0.364. The van der Waals surface area contributed by atoms with Crippen molar-refractivity contribution in [1.82, 2.24) is 4.90 Å². The molecule has 2 N–H and O–H groups in total. The largest absolute Gasteiger partial charge is 0.493 e. The Labute approximate surface area is 171 Å². The SMILES string of the molecule is COc1cc2c(cc1OC)CN(CCC(=O)Nc1ccc(NC(C)=O)cc1)CC2. The van der Waals surface area contributed by atoms with E-state index >= 15 is 0 Å². The first-order valence-electron chi connectivity index (χ1n) is 9.62. The van der Waals surface area contributed by atoms with Gasteiger partial charge in [-0.25, -0.2) is 0 Å². The van der Waals surface area contributed by atoms with Gasteiger partial charge >= 0.3 is 0 Å². The van der Waals surface area contributed by atoms with E-state index in [1.807, 2.05) is 12.1 Å². The van der Waals surface area contributed by atoms with Crippen LogP contribution in [0.2, 0.25) is 0 Å². The molecule has 7 heteroatoms. The number of nitrogens with one attached hydrogen (secondary N) is 2. The highest BCUT2D eigenvalue weighted by atomic mass is 16.5. The molecule has 2 aromatic rings. The van der Waals surface area contributed by atoms with Gasteiger partial charge < -0.3 is 20.1 Å². The number of rotatable bonds is 7. The zero-order valence-electron chi connectivity index (χ0n) is 17.1. The van der Waals surface area contributed by atoms with Crippen molar-refractivity contribution in [3.05, 3.63) is 47.5 Å². The van der Waals surface area contributed by atoms with E-state index in [1.165, 1.54) is 18.1 Å². The summed E-state index contributed by atoms with van der Waals surface area (Å²) >= 11 is 0. The first kappa shape index (κ1) is 20.7. The smallest absolute Gasteiger partial charge is 0.225 e. The van der Waals surface area contributed by atoms with Crippen LogP contribution >= 0.6 is 0 Å². The number of ether oxygens (including phenoxy) is 2. The van der Waals surface area contributed by atoms with Crippen molar-refractivity contribution in [1.29, 1.82) is 0 Å². The number of carbonyl (C=O) groups excluding carboxylic acids is 2. The molecular formula is C22H27N3O4. The normalized spacial score (nSPS) is 13.3. The second-order valence-electron chi connectivity index (χ2n) is 7.06. The molecule has 3 rings (SSSR count). The third-order valence-electron chi connectivity index (χ3n) is 4.94. The zero-order valence-corrected chi connectivity index (χ0v) is 17.1. The predicted molar refractivity (Wildman–Crippen MR) is 113 cm³/mol. The maximum Gasteiger partial charge on any atom is 0.225 e. The van der Waals surface area contributed by atoms with Gasteiger partial charge in [-0.3, -0.25) is 14.5 Å². The first-order valence-corrected chi connectivity index (χ1v) is 9.62. The Kier molecular flexibility index (Phi) is 6.72. The Morgan fingerprint density at radius 3 is 2.14 bits per heavy atom. The number of benzene rings is 2. The number of nitrogens with zero attached hydrogens (tertiary/aromatic N) is 1. The maximum absolute atomic E-state index is 12.3. The van der Waals surface area contributed by atoms with Gasteiger partial charge in [0.15, 0.2) is 11.5 Å². The maximum atomic E-state index is 12.3. The third kappa shape index (κ3) is 5.48. The molecule has 154 valence electrons. The summed E-state index contributed by atoms with van der Waals surface area (Å²) in [5.41, 5.74) is 3.89. The molecule has 0 aliphatic carbocycles. The molecule has 7 nitrogen and oxygen atoms in total. The summed E-state index contributed by atoms with van der Waals surface area (Å²) in [5, 5.41) is 5.60. The minimum absolute atomic E-state index is 0.0321. The molecule has 0 aromatic heterocycles. The van der Waals surface area contributed by atoms with Crippen LogP contribution < -0.4 is 20.1 Å². The summed E-state index contributed by atoms with van der Waals surface area (Å²) < 4.78 is 10.8.